The molecular weight excluding hydrogens is 278 g/mol. The molecule has 0 saturated heterocycles. The number of hydrogen-bond acceptors (Lipinski definition) is 5. The van der Waals surface area contributed by atoms with Crippen LogP contribution in [0.15, 0.2) is 12.1 Å². The van der Waals surface area contributed by atoms with Crippen LogP contribution in [-0.4, -0.2) is 36.2 Å². The molecule has 2 rings (SSSR count). The summed E-state index contributed by atoms with van der Waals surface area (Å²) in [4.78, 5) is 19.0. The topological polar surface area (TPSA) is 54.5 Å². The van der Waals surface area contributed by atoms with E-state index < -0.39 is 5.60 Å². The quantitative estimate of drug-likeness (QED) is 0.844. The minimum absolute atomic E-state index is 0.308. The van der Waals surface area contributed by atoms with Crippen LogP contribution in [0.1, 0.15) is 57.3 Å². The first-order valence-corrected chi connectivity index (χ1v) is 8.01. The van der Waals surface area contributed by atoms with Gasteiger partial charge >= 0.3 is 5.97 Å². The van der Waals surface area contributed by atoms with Crippen molar-refractivity contribution in [3.05, 3.63) is 17.7 Å². The Morgan fingerprint density at radius 1 is 1.41 bits per heavy atom. The molecule has 0 amide bonds. The zero-order valence-corrected chi connectivity index (χ0v) is 14.3. The van der Waals surface area contributed by atoms with E-state index in [4.69, 9.17) is 4.74 Å². The first kappa shape index (κ1) is 16.6. The van der Waals surface area contributed by atoms with Crippen LogP contribution in [-0.2, 0) is 4.74 Å². The molecule has 1 heterocycles. The molecule has 0 unspecified atom stereocenters. The van der Waals surface area contributed by atoms with Crippen molar-refractivity contribution in [1.82, 2.24) is 4.98 Å². The van der Waals surface area contributed by atoms with Crippen LogP contribution in [0.25, 0.3) is 0 Å². The standard InChI is InChI=1S/C17H27N3O2/c1-6-20(5)15-11-12(16(21)22-17(2,3)4)10-14(19-15)18-13-8-7-9-13/h10-11,13H,6-9H2,1-5H3,(H,18,19). The van der Waals surface area contributed by atoms with Crippen LogP contribution in [0.5, 0.6) is 0 Å². The van der Waals surface area contributed by atoms with Gasteiger partial charge in [0.25, 0.3) is 0 Å². The van der Waals surface area contributed by atoms with Gasteiger partial charge in [-0.2, -0.15) is 0 Å². The van der Waals surface area contributed by atoms with Gasteiger partial charge in [0.15, 0.2) is 0 Å². The molecule has 1 fully saturated rings. The van der Waals surface area contributed by atoms with Gasteiger partial charge in [-0.3, -0.25) is 0 Å². The van der Waals surface area contributed by atoms with Crippen molar-refractivity contribution in [3.63, 3.8) is 0 Å². The molecule has 22 heavy (non-hydrogen) atoms. The summed E-state index contributed by atoms with van der Waals surface area (Å²) < 4.78 is 5.48. The molecule has 1 aliphatic rings. The van der Waals surface area contributed by atoms with E-state index in [-0.39, 0.29) is 5.97 Å². The third-order valence-electron chi connectivity index (χ3n) is 3.77. The van der Waals surface area contributed by atoms with Crippen LogP contribution in [0.3, 0.4) is 0 Å². The fourth-order valence-corrected chi connectivity index (χ4v) is 2.16. The molecule has 0 radical (unpaired) electrons. The molecule has 5 nitrogen and oxygen atoms in total. The number of carbonyl (C=O) groups excluding carboxylic acids is 1. The summed E-state index contributed by atoms with van der Waals surface area (Å²) in [5.41, 5.74) is 0.0423. The largest absolute Gasteiger partial charge is 0.456 e. The zero-order chi connectivity index (χ0) is 16.3. The van der Waals surface area contributed by atoms with Gasteiger partial charge in [-0.25, -0.2) is 9.78 Å². The molecule has 0 aromatic carbocycles. The van der Waals surface area contributed by atoms with E-state index in [0.717, 1.165) is 31.0 Å². The van der Waals surface area contributed by atoms with Crippen LogP contribution < -0.4 is 10.2 Å². The second-order valence-corrected chi connectivity index (χ2v) is 6.89. The highest BCUT2D eigenvalue weighted by molar-refractivity contribution is 5.91. The summed E-state index contributed by atoms with van der Waals surface area (Å²) in [7, 11) is 1.97. The molecule has 1 N–H and O–H groups in total. The van der Waals surface area contributed by atoms with Crippen molar-refractivity contribution in [2.75, 3.05) is 23.8 Å². The van der Waals surface area contributed by atoms with Crippen molar-refractivity contribution in [2.45, 2.75) is 58.6 Å². The molecule has 0 aliphatic heterocycles. The number of ether oxygens (including phenoxy) is 1. The SMILES string of the molecule is CCN(C)c1cc(C(=O)OC(C)(C)C)cc(NC2CCC2)n1. The highest BCUT2D eigenvalue weighted by Gasteiger charge is 2.22. The van der Waals surface area contributed by atoms with Gasteiger partial charge in [0.1, 0.15) is 17.2 Å². The third kappa shape index (κ3) is 4.36. The Balaban J connectivity index is 2.26. The lowest BCUT2D eigenvalue weighted by Crippen LogP contribution is -2.29. The van der Waals surface area contributed by atoms with Crippen LogP contribution in [0.2, 0.25) is 0 Å². The predicted octanol–water partition coefficient (Wildman–Crippen LogP) is 3.46. The highest BCUT2D eigenvalue weighted by Crippen LogP contribution is 2.25. The van der Waals surface area contributed by atoms with Gasteiger partial charge in [0.2, 0.25) is 0 Å². The fourth-order valence-electron chi connectivity index (χ4n) is 2.16. The fraction of sp³-hybridized carbons (Fsp3) is 0.647. The molecule has 5 heteroatoms. The van der Waals surface area contributed by atoms with E-state index in [1.54, 1.807) is 12.1 Å². The van der Waals surface area contributed by atoms with Gasteiger partial charge in [-0.15, -0.1) is 0 Å². The summed E-state index contributed by atoms with van der Waals surface area (Å²) in [6.07, 6.45) is 3.58. The van der Waals surface area contributed by atoms with E-state index in [9.17, 15) is 4.79 Å². The Labute approximate surface area is 133 Å². The minimum Gasteiger partial charge on any atom is -0.456 e. The van der Waals surface area contributed by atoms with Crippen LogP contribution >= 0.6 is 0 Å². The molecule has 1 saturated carbocycles. The van der Waals surface area contributed by atoms with Crippen LogP contribution in [0, 0.1) is 0 Å². The van der Waals surface area contributed by atoms with Gasteiger partial charge in [-0.05, 0) is 59.1 Å². The molecular formula is C17H27N3O2. The van der Waals surface area contributed by atoms with Crippen LogP contribution in [0.4, 0.5) is 11.6 Å². The van der Waals surface area contributed by atoms with E-state index in [1.807, 2.05) is 32.7 Å². The predicted molar refractivity (Wildman–Crippen MR) is 89.6 cm³/mol. The summed E-state index contributed by atoms with van der Waals surface area (Å²) >= 11 is 0. The molecule has 0 bridgehead atoms. The Morgan fingerprint density at radius 3 is 2.59 bits per heavy atom. The minimum atomic E-state index is -0.501. The summed E-state index contributed by atoms with van der Waals surface area (Å²) in [6.45, 7) is 8.50. The first-order chi connectivity index (χ1) is 10.3. The van der Waals surface area contributed by atoms with Crippen molar-refractivity contribution in [1.29, 1.82) is 0 Å². The van der Waals surface area contributed by atoms with Gasteiger partial charge < -0.3 is 15.0 Å². The first-order valence-electron chi connectivity index (χ1n) is 8.01. The Bertz CT molecular complexity index is 533. The number of nitrogens with zero attached hydrogens (tertiary/aromatic N) is 2. The van der Waals surface area contributed by atoms with E-state index in [2.05, 4.69) is 17.2 Å². The average Bonchev–Trinajstić information content (AvgIpc) is 2.39. The highest BCUT2D eigenvalue weighted by atomic mass is 16.6. The molecule has 0 spiro atoms. The Morgan fingerprint density at radius 2 is 2.09 bits per heavy atom. The number of esters is 1. The molecule has 1 aromatic heterocycles. The zero-order valence-electron chi connectivity index (χ0n) is 14.3. The van der Waals surface area contributed by atoms with E-state index in [1.165, 1.54) is 6.42 Å². The number of aromatic nitrogens is 1. The Hall–Kier alpha value is -1.78. The number of anilines is 2. The van der Waals surface area contributed by atoms with Crippen molar-refractivity contribution in [3.8, 4) is 0 Å². The summed E-state index contributed by atoms with van der Waals surface area (Å²) in [5.74, 6) is 1.23. The second-order valence-electron chi connectivity index (χ2n) is 6.89. The second kappa shape index (κ2) is 6.55. The van der Waals surface area contributed by atoms with Crippen molar-refractivity contribution >= 4 is 17.6 Å². The summed E-state index contributed by atoms with van der Waals surface area (Å²) in [5, 5.41) is 3.41. The smallest absolute Gasteiger partial charge is 0.338 e. The van der Waals surface area contributed by atoms with E-state index in [0.29, 0.717) is 11.6 Å². The number of hydrogen-bond donors (Lipinski definition) is 1. The lowest BCUT2D eigenvalue weighted by molar-refractivity contribution is 0.00695. The maximum Gasteiger partial charge on any atom is 0.338 e. The third-order valence-corrected chi connectivity index (χ3v) is 3.77. The molecule has 1 aliphatic carbocycles. The maximum atomic E-state index is 12.3. The van der Waals surface area contributed by atoms with Gasteiger partial charge in [0, 0.05) is 19.6 Å². The maximum absolute atomic E-state index is 12.3. The van der Waals surface area contributed by atoms with Gasteiger partial charge in [0.05, 0.1) is 5.56 Å². The molecule has 0 atom stereocenters. The average molecular weight is 305 g/mol. The number of pyridine rings is 1. The number of rotatable bonds is 5. The summed E-state index contributed by atoms with van der Waals surface area (Å²) in [6, 6.07) is 4.06. The lowest BCUT2D eigenvalue weighted by Gasteiger charge is -2.28. The van der Waals surface area contributed by atoms with Gasteiger partial charge in [-0.1, -0.05) is 0 Å². The lowest BCUT2D eigenvalue weighted by atomic mass is 9.93. The molecule has 122 valence electrons. The monoisotopic (exact) mass is 305 g/mol. The van der Waals surface area contributed by atoms with Crippen molar-refractivity contribution in [2.24, 2.45) is 0 Å². The van der Waals surface area contributed by atoms with E-state index >= 15 is 0 Å². The number of nitrogens with one attached hydrogen (secondary N) is 1. The normalized spacial score (nSPS) is 15.1. The number of carbonyl (C=O) groups is 1. The molecule has 1 aromatic rings. The van der Waals surface area contributed by atoms with Crippen molar-refractivity contribution < 1.29 is 9.53 Å². The Kier molecular flexibility index (Phi) is 4.94.